The molecule has 1 heteroatoms. The lowest BCUT2D eigenvalue weighted by atomic mass is 9.93. The van der Waals surface area contributed by atoms with Crippen LogP contribution in [0.25, 0.3) is 0 Å². The summed E-state index contributed by atoms with van der Waals surface area (Å²) in [5.41, 5.74) is 7.68. The van der Waals surface area contributed by atoms with Crippen LogP contribution in [0.1, 0.15) is 37.7 Å². The maximum absolute atomic E-state index is 6.08. The second kappa shape index (κ2) is 3.15. The van der Waals surface area contributed by atoms with Gasteiger partial charge < -0.3 is 5.73 Å². The third-order valence-corrected chi connectivity index (χ3v) is 2.97. The molecule has 1 aromatic rings. The van der Waals surface area contributed by atoms with Gasteiger partial charge in [-0.3, -0.25) is 0 Å². The van der Waals surface area contributed by atoms with Gasteiger partial charge in [0.25, 0.3) is 0 Å². The molecule has 0 bridgehead atoms. The monoisotopic (exact) mass is 175 g/mol. The predicted molar refractivity (Wildman–Crippen MR) is 55.6 cm³/mol. The van der Waals surface area contributed by atoms with Crippen molar-refractivity contribution in [3.63, 3.8) is 0 Å². The average molecular weight is 175 g/mol. The Morgan fingerprint density at radius 1 is 1.31 bits per heavy atom. The largest absolute Gasteiger partial charge is 0.325 e. The zero-order valence-electron chi connectivity index (χ0n) is 8.16. The first-order chi connectivity index (χ1) is 6.20. The molecule has 13 heavy (non-hydrogen) atoms. The van der Waals surface area contributed by atoms with Gasteiger partial charge in [-0.15, -0.1) is 0 Å². The van der Waals surface area contributed by atoms with Gasteiger partial charge in [-0.1, -0.05) is 37.3 Å². The molecule has 1 aromatic carbocycles. The summed E-state index contributed by atoms with van der Waals surface area (Å²) < 4.78 is 0. The van der Waals surface area contributed by atoms with Gasteiger partial charge >= 0.3 is 0 Å². The molecule has 2 N–H and O–H groups in total. The number of hydrogen-bond acceptors (Lipinski definition) is 1. The van der Waals surface area contributed by atoms with Gasteiger partial charge in [0.05, 0.1) is 0 Å². The van der Waals surface area contributed by atoms with Crippen molar-refractivity contribution in [2.75, 3.05) is 0 Å². The first kappa shape index (κ1) is 8.76. The van der Waals surface area contributed by atoms with E-state index in [4.69, 9.17) is 5.73 Å². The number of hydrogen-bond donors (Lipinski definition) is 1. The Bertz CT molecular complexity index is 274. The second-order valence-electron chi connectivity index (χ2n) is 4.38. The van der Waals surface area contributed by atoms with Crippen molar-refractivity contribution < 1.29 is 0 Å². The van der Waals surface area contributed by atoms with Crippen LogP contribution in [0.4, 0.5) is 0 Å². The van der Waals surface area contributed by atoms with E-state index in [2.05, 4.69) is 37.3 Å². The predicted octanol–water partition coefficient (Wildman–Crippen LogP) is 2.67. The molecule has 1 fully saturated rings. The van der Waals surface area contributed by atoms with E-state index in [1.54, 1.807) is 0 Å². The fourth-order valence-corrected chi connectivity index (χ4v) is 1.87. The average Bonchev–Trinajstić information content (AvgIpc) is 2.85. The zero-order valence-corrected chi connectivity index (χ0v) is 8.16. The van der Waals surface area contributed by atoms with Gasteiger partial charge in [0.15, 0.2) is 0 Å². The van der Waals surface area contributed by atoms with E-state index in [1.165, 1.54) is 18.4 Å². The Kier molecular flexibility index (Phi) is 2.12. The summed E-state index contributed by atoms with van der Waals surface area (Å²) >= 11 is 0. The Morgan fingerprint density at radius 2 is 1.92 bits per heavy atom. The molecule has 70 valence electrons. The number of nitrogens with two attached hydrogens (primary N) is 1. The summed E-state index contributed by atoms with van der Waals surface area (Å²) in [6.07, 6.45) is 3.56. The van der Waals surface area contributed by atoms with Crippen LogP contribution >= 0.6 is 0 Å². The van der Waals surface area contributed by atoms with E-state index in [0.29, 0.717) is 5.92 Å². The standard InChI is InChI=1S/C12H17N/c1-10(9-12(13)7-8-12)11-5-3-2-4-6-11/h2-6,10H,7-9,13H2,1H3. The van der Waals surface area contributed by atoms with Gasteiger partial charge in [0, 0.05) is 5.54 Å². The van der Waals surface area contributed by atoms with E-state index in [-0.39, 0.29) is 5.54 Å². The van der Waals surface area contributed by atoms with E-state index in [0.717, 1.165) is 6.42 Å². The summed E-state index contributed by atoms with van der Waals surface area (Å²) in [6.45, 7) is 2.27. The molecule has 0 spiro atoms. The molecule has 0 radical (unpaired) electrons. The molecular weight excluding hydrogens is 158 g/mol. The van der Waals surface area contributed by atoms with Crippen LogP contribution in [-0.2, 0) is 0 Å². The lowest BCUT2D eigenvalue weighted by molar-refractivity contribution is 0.542. The van der Waals surface area contributed by atoms with Crippen molar-refractivity contribution in [3.05, 3.63) is 35.9 Å². The van der Waals surface area contributed by atoms with Crippen molar-refractivity contribution in [1.29, 1.82) is 0 Å². The summed E-state index contributed by atoms with van der Waals surface area (Å²) in [4.78, 5) is 0. The maximum atomic E-state index is 6.08. The van der Waals surface area contributed by atoms with Crippen molar-refractivity contribution >= 4 is 0 Å². The normalized spacial score (nSPS) is 21.1. The number of rotatable bonds is 3. The van der Waals surface area contributed by atoms with E-state index in [9.17, 15) is 0 Å². The first-order valence-electron chi connectivity index (χ1n) is 5.03. The minimum atomic E-state index is 0.176. The molecule has 0 amide bonds. The third kappa shape index (κ3) is 2.10. The van der Waals surface area contributed by atoms with Crippen molar-refractivity contribution in [3.8, 4) is 0 Å². The molecule has 2 rings (SSSR count). The van der Waals surface area contributed by atoms with Gasteiger partial charge in [-0.25, -0.2) is 0 Å². The Hall–Kier alpha value is -0.820. The second-order valence-corrected chi connectivity index (χ2v) is 4.38. The summed E-state index contributed by atoms with van der Waals surface area (Å²) in [7, 11) is 0. The minimum Gasteiger partial charge on any atom is -0.325 e. The van der Waals surface area contributed by atoms with Crippen LogP contribution in [0.3, 0.4) is 0 Å². The Morgan fingerprint density at radius 3 is 2.46 bits per heavy atom. The molecule has 1 atom stereocenters. The highest BCUT2D eigenvalue weighted by Crippen LogP contribution is 2.40. The van der Waals surface area contributed by atoms with Crippen LogP contribution < -0.4 is 5.73 Å². The number of benzene rings is 1. The quantitative estimate of drug-likeness (QED) is 0.751. The van der Waals surface area contributed by atoms with Crippen LogP contribution in [0.2, 0.25) is 0 Å². The fourth-order valence-electron chi connectivity index (χ4n) is 1.87. The lowest BCUT2D eigenvalue weighted by Gasteiger charge is -2.16. The molecule has 1 aliphatic carbocycles. The van der Waals surface area contributed by atoms with Crippen LogP contribution in [-0.4, -0.2) is 5.54 Å². The van der Waals surface area contributed by atoms with E-state index in [1.807, 2.05) is 0 Å². The fraction of sp³-hybridized carbons (Fsp3) is 0.500. The molecule has 1 aliphatic rings. The SMILES string of the molecule is CC(CC1(N)CC1)c1ccccc1. The van der Waals surface area contributed by atoms with Crippen molar-refractivity contribution in [2.45, 2.75) is 37.6 Å². The third-order valence-electron chi connectivity index (χ3n) is 2.97. The molecule has 1 unspecified atom stereocenters. The van der Waals surface area contributed by atoms with Crippen LogP contribution in [0.15, 0.2) is 30.3 Å². The van der Waals surface area contributed by atoms with E-state index < -0.39 is 0 Å². The molecule has 0 aliphatic heterocycles. The van der Waals surface area contributed by atoms with E-state index >= 15 is 0 Å². The molecule has 0 heterocycles. The molecule has 0 aromatic heterocycles. The zero-order chi connectivity index (χ0) is 9.31. The summed E-state index contributed by atoms with van der Waals surface area (Å²) in [5, 5.41) is 0. The highest BCUT2D eigenvalue weighted by atomic mass is 14.8. The van der Waals surface area contributed by atoms with Gasteiger partial charge in [0.2, 0.25) is 0 Å². The molecule has 0 saturated heterocycles. The van der Waals surface area contributed by atoms with Gasteiger partial charge in [-0.2, -0.15) is 0 Å². The van der Waals surface area contributed by atoms with Gasteiger partial charge in [0.1, 0.15) is 0 Å². The molecule has 1 saturated carbocycles. The van der Waals surface area contributed by atoms with Crippen molar-refractivity contribution in [2.24, 2.45) is 5.73 Å². The van der Waals surface area contributed by atoms with Crippen LogP contribution in [0.5, 0.6) is 0 Å². The van der Waals surface area contributed by atoms with Gasteiger partial charge in [-0.05, 0) is 30.7 Å². The lowest BCUT2D eigenvalue weighted by Crippen LogP contribution is -2.23. The topological polar surface area (TPSA) is 26.0 Å². The highest BCUT2D eigenvalue weighted by molar-refractivity contribution is 5.20. The molecular formula is C12H17N. The first-order valence-corrected chi connectivity index (χ1v) is 5.03. The van der Waals surface area contributed by atoms with Crippen LogP contribution in [0, 0.1) is 0 Å². The Labute approximate surface area is 80.0 Å². The maximum Gasteiger partial charge on any atom is 0.0161 e. The summed E-state index contributed by atoms with van der Waals surface area (Å²) in [5.74, 6) is 0.605. The summed E-state index contributed by atoms with van der Waals surface area (Å²) in [6, 6.07) is 10.6. The van der Waals surface area contributed by atoms with Crippen molar-refractivity contribution in [1.82, 2.24) is 0 Å². The Balaban J connectivity index is 2.01. The molecule has 1 nitrogen and oxygen atoms in total. The smallest absolute Gasteiger partial charge is 0.0161 e. The minimum absolute atomic E-state index is 0.176. The highest BCUT2D eigenvalue weighted by Gasteiger charge is 2.39.